The monoisotopic (exact) mass is 393 g/mol. The van der Waals surface area contributed by atoms with Crippen LogP contribution in [0.3, 0.4) is 0 Å². The molecule has 1 aliphatic heterocycles. The SMILES string of the molecule is CC(C)N(Cc1ccccc1)C(=O)c1ccc(C(=O)N2CCN(C=O)CC2)cc1. The molecule has 0 bridgehead atoms. The third-order valence-corrected chi connectivity index (χ3v) is 5.21. The fraction of sp³-hybridized carbons (Fsp3) is 0.348. The van der Waals surface area contributed by atoms with Crippen molar-refractivity contribution in [3.8, 4) is 0 Å². The standard InChI is InChI=1S/C23H27N3O3/c1-18(2)26(16-19-6-4-3-5-7-19)23(29)21-10-8-20(9-11-21)22(28)25-14-12-24(17-27)13-15-25/h3-11,17-18H,12-16H2,1-2H3. The average Bonchev–Trinajstić information content (AvgIpc) is 2.77. The van der Waals surface area contributed by atoms with Gasteiger partial charge in [-0.25, -0.2) is 0 Å². The first-order valence-corrected chi connectivity index (χ1v) is 9.93. The van der Waals surface area contributed by atoms with E-state index in [9.17, 15) is 14.4 Å². The predicted octanol–water partition coefficient (Wildman–Crippen LogP) is 2.65. The molecule has 0 saturated carbocycles. The second-order valence-electron chi connectivity index (χ2n) is 7.52. The molecule has 0 aromatic heterocycles. The number of carbonyl (C=O) groups is 3. The van der Waals surface area contributed by atoms with Crippen molar-refractivity contribution < 1.29 is 14.4 Å². The zero-order valence-corrected chi connectivity index (χ0v) is 17.0. The maximum Gasteiger partial charge on any atom is 0.254 e. The van der Waals surface area contributed by atoms with Gasteiger partial charge in [-0.2, -0.15) is 0 Å². The summed E-state index contributed by atoms with van der Waals surface area (Å²) in [5.41, 5.74) is 2.20. The largest absolute Gasteiger partial charge is 0.342 e. The molecular formula is C23H27N3O3. The molecule has 3 amide bonds. The van der Waals surface area contributed by atoms with Crippen molar-refractivity contribution in [3.05, 3.63) is 71.3 Å². The third-order valence-electron chi connectivity index (χ3n) is 5.21. The molecule has 0 spiro atoms. The Morgan fingerprint density at radius 1 is 0.931 bits per heavy atom. The van der Waals surface area contributed by atoms with Gasteiger partial charge in [0.05, 0.1) is 0 Å². The van der Waals surface area contributed by atoms with Gasteiger partial charge in [0, 0.05) is 49.9 Å². The van der Waals surface area contributed by atoms with E-state index in [0.717, 1.165) is 12.0 Å². The van der Waals surface area contributed by atoms with Crippen LogP contribution in [0, 0.1) is 0 Å². The zero-order valence-electron chi connectivity index (χ0n) is 17.0. The summed E-state index contributed by atoms with van der Waals surface area (Å²) in [6, 6.07) is 16.8. The van der Waals surface area contributed by atoms with Crippen LogP contribution in [0.5, 0.6) is 0 Å². The smallest absolute Gasteiger partial charge is 0.254 e. The Balaban J connectivity index is 1.68. The highest BCUT2D eigenvalue weighted by Gasteiger charge is 2.23. The molecule has 6 nitrogen and oxygen atoms in total. The number of benzene rings is 2. The number of hydrogen-bond acceptors (Lipinski definition) is 3. The van der Waals surface area contributed by atoms with Gasteiger partial charge in [-0.3, -0.25) is 14.4 Å². The van der Waals surface area contributed by atoms with Crippen molar-refractivity contribution in [1.82, 2.24) is 14.7 Å². The van der Waals surface area contributed by atoms with E-state index in [1.807, 2.05) is 49.1 Å². The summed E-state index contributed by atoms with van der Waals surface area (Å²) >= 11 is 0. The highest BCUT2D eigenvalue weighted by Crippen LogP contribution is 2.15. The molecule has 29 heavy (non-hydrogen) atoms. The Kier molecular flexibility index (Phi) is 6.65. The Hall–Kier alpha value is -3.15. The second-order valence-corrected chi connectivity index (χ2v) is 7.52. The molecule has 0 N–H and O–H groups in total. The van der Waals surface area contributed by atoms with Crippen LogP contribution in [0.1, 0.15) is 40.1 Å². The quantitative estimate of drug-likeness (QED) is 0.709. The summed E-state index contributed by atoms with van der Waals surface area (Å²) < 4.78 is 0. The van der Waals surface area contributed by atoms with Crippen LogP contribution in [0.25, 0.3) is 0 Å². The van der Waals surface area contributed by atoms with Crippen molar-refractivity contribution in [2.45, 2.75) is 26.4 Å². The van der Waals surface area contributed by atoms with Crippen LogP contribution in [-0.2, 0) is 11.3 Å². The maximum absolute atomic E-state index is 13.0. The second kappa shape index (κ2) is 9.37. The first-order valence-electron chi connectivity index (χ1n) is 9.93. The molecule has 1 fully saturated rings. The fourth-order valence-electron chi connectivity index (χ4n) is 3.40. The third kappa shape index (κ3) is 5.02. The van der Waals surface area contributed by atoms with Crippen LogP contribution in [0.15, 0.2) is 54.6 Å². The van der Waals surface area contributed by atoms with Gasteiger partial charge in [0.2, 0.25) is 6.41 Å². The van der Waals surface area contributed by atoms with Gasteiger partial charge in [-0.05, 0) is 43.7 Å². The number of rotatable bonds is 6. The minimum Gasteiger partial charge on any atom is -0.342 e. The van der Waals surface area contributed by atoms with E-state index in [0.29, 0.717) is 43.9 Å². The summed E-state index contributed by atoms with van der Waals surface area (Å²) in [6.45, 7) is 6.69. The lowest BCUT2D eigenvalue weighted by Gasteiger charge is -2.32. The van der Waals surface area contributed by atoms with Crippen molar-refractivity contribution in [2.75, 3.05) is 26.2 Å². The van der Waals surface area contributed by atoms with Gasteiger partial charge in [-0.15, -0.1) is 0 Å². The van der Waals surface area contributed by atoms with Crippen LogP contribution < -0.4 is 0 Å². The summed E-state index contributed by atoms with van der Waals surface area (Å²) in [5, 5.41) is 0. The molecule has 0 radical (unpaired) electrons. The molecule has 6 heteroatoms. The lowest BCUT2D eigenvalue weighted by atomic mass is 10.1. The van der Waals surface area contributed by atoms with Crippen LogP contribution >= 0.6 is 0 Å². The molecule has 3 rings (SSSR count). The fourth-order valence-corrected chi connectivity index (χ4v) is 3.40. The molecule has 1 aliphatic rings. The average molecular weight is 393 g/mol. The number of piperazine rings is 1. The number of nitrogens with zero attached hydrogens (tertiary/aromatic N) is 3. The van der Waals surface area contributed by atoms with E-state index in [1.165, 1.54) is 0 Å². The first-order chi connectivity index (χ1) is 14.0. The van der Waals surface area contributed by atoms with E-state index in [2.05, 4.69) is 0 Å². The maximum atomic E-state index is 13.0. The Bertz CT molecular complexity index is 841. The minimum absolute atomic E-state index is 0.0533. The van der Waals surface area contributed by atoms with Crippen LogP contribution in [-0.4, -0.2) is 65.1 Å². The Morgan fingerprint density at radius 3 is 2.07 bits per heavy atom. The van der Waals surface area contributed by atoms with Crippen LogP contribution in [0.2, 0.25) is 0 Å². The van der Waals surface area contributed by atoms with Gasteiger partial charge in [-0.1, -0.05) is 30.3 Å². The van der Waals surface area contributed by atoms with E-state index in [-0.39, 0.29) is 17.9 Å². The lowest BCUT2D eigenvalue weighted by Crippen LogP contribution is -2.48. The minimum atomic E-state index is -0.0699. The van der Waals surface area contributed by atoms with Crippen molar-refractivity contribution in [3.63, 3.8) is 0 Å². The van der Waals surface area contributed by atoms with E-state index in [1.54, 1.807) is 34.1 Å². The first kappa shape index (κ1) is 20.6. The molecule has 0 atom stereocenters. The Morgan fingerprint density at radius 2 is 1.52 bits per heavy atom. The van der Waals surface area contributed by atoms with E-state index in [4.69, 9.17) is 0 Å². The van der Waals surface area contributed by atoms with E-state index < -0.39 is 0 Å². The summed E-state index contributed by atoms with van der Waals surface area (Å²) in [7, 11) is 0. The predicted molar refractivity (Wildman–Crippen MR) is 111 cm³/mol. The van der Waals surface area contributed by atoms with Gasteiger partial charge in [0.25, 0.3) is 11.8 Å². The molecule has 1 saturated heterocycles. The molecule has 2 aromatic rings. The zero-order chi connectivity index (χ0) is 20.8. The van der Waals surface area contributed by atoms with Crippen molar-refractivity contribution in [2.24, 2.45) is 0 Å². The molecule has 152 valence electrons. The summed E-state index contributed by atoms with van der Waals surface area (Å²) in [4.78, 5) is 41.8. The van der Waals surface area contributed by atoms with Crippen molar-refractivity contribution >= 4 is 18.2 Å². The van der Waals surface area contributed by atoms with Crippen molar-refractivity contribution in [1.29, 1.82) is 0 Å². The highest BCUT2D eigenvalue weighted by molar-refractivity contribution is 5.98. The van der Waals surface area contributed by atoms with Gasteiger partial charge >= 0.3 is 0 Å². The van der Waals surface area contributed by atoms with Gasteiger partial charge < -0.3 is 14.7 Å². The summed E-state index contributed by atoms with van der Waals surface area (Å²) in [6.07, 6.45) is 0.818. The molecular weight excluding hydrogens is 366 g/mol. The molecule has 0 unspecified atom stereocenters. The number of hydrogen-bond donors (Lipinski definition) is 0. The van der Waals surface area contributed by atoms with Gasteiger partial charge in [0.15, 0.2) is 0 Å². The topological polar surface area (TPSA) is 60.9 Å². The Labute approximate surface area is 171 Å². The molecule has 1 heterocycles. The molecule has 2 aromatic carbocycles. The number of amides is 3. The van der Waals surface area contributed by atoms with Gasteiger partial charge in [0.1, 0.15) is 0 Å². The number of carbonyl (C=O) groups excluding carboxylic acids is 3. The lowest BCUT2D eigenvalue weighted by molar-refractivity contribution is -0.119. The highest BCUT2D eigenvalue weighted by atomic mass is 16.2. The summed E-state index contributed by atoms with van der Waals surface area (Å²) in [5.74, 6) is -0.123. The van der Waals surface area contributed by atoms with E-state index >= 15 is 0 Å². The normalized spacial score (nSPS) is 14.0. The molecule has 0 aliphatic carbocycles. The van der Waals surface area contributed by atoms with Crippen LogP contribution in [0.4, 0.5) is 0 Å².